The van der Waals surface area contributed by atoms with Crippen molar-refractivity contribution in [3.05, 3.63) is 60.2 Å². The SMILES string of the molecule is C=C1c2c(cc3cccnc3c2Nc2ccc3scnc3c2)S(=O)(=O)C1(C)C. The number of hydrogen-bond donors (Lipinski definition) is 1. The summed E-state index contributed by atoms with van der Waals surface area (Å²) in [5, 5.41) is 4.18. The van der Waals surface area contributed by atoms with Crippen LogP contribution in [-0.4, -0.2) is 23.1 Å². The van der Waals surface area contributed by atoms with E-state index in [1.165, 1.54) is 0 Å². The third-order valence-electron chi connectivity index (χ3n) is 5.45. The summed E-state index contributed by atoms with van der Waals surface area (Å²) in [6.07, 6.45) is 1.71. The molecule has 0 radical (unpaired) electrons. The van der Waals surface area contributed by atoms with E-state index in [0.29, 0.717) is 27.2 Å². The van der Waals surface area contributed by atoms with E-state index in [-0.39, 0.29) is 0 Å². The van der Waals surface area contributed by atoms with Crippen LogP contribution in [0.4, 0.5) is 11.4 Å². The molecule has 0 saturated carbocycles. The molecule has 0 fully saturated rings. The van der Waals surface area contributed by atoms with E-state index < -0.39 is 14.6 Å². The maximum Gasteiger partial charge on any atom is 0.188 e. The van der Waals surface area contributed by atoms with Crippen LogP contribution in [0, 0.1) is 0 Å². The number of pyridine rings is 1. The number of thiazole rings is 1. The monoisotopic (exact) mass is 407 g/mol. The van der Waals surface area contributed by atoms with Gasteiger partial charge < -0.3 is 5.32 Å². The molecule has 0 spiro atoms. The maximum absolute atomic E-state index is 13.2. The van der Waals surface area contributed by atoms with Crippen molar-refractivity contribution in [2.24, 2.45) is 0 Å². The van der Waals surface area contributed by atoms with Gasteiger partial charge in [0.15, 0.2) is 9.84 Å². The fraction of sp³-hybridized carbons (Fsp3) is 0.143. The fourth-order valence-corrected chi connectivity index (χ4v) is 6.06. The summed E-state index contributed by atoms with van der Waals surface area (Å²) in [6, 6.07) is 11.3. The van der Waals surface area contributed by atoms with E-state index >= 15 is 0 Å². The van der Waals surface area contributed by atoms with Crippen LogP contribution in [-0.2, 0) is 9.84 Å². The van der Waals surface area contributed by atoms with Crippen molar-refractivity contribution in [1.82, 2.24) is 9.97 Å². The molecule has 2 aromatic heterocycles. The van der Waals surface area contributed by atoms with Gasteiger partial charge in [-0.3, -0.25) is 4.98 Å². The van der Waals surface area contributed by atoms with Gasteiger partial charge in [0.2, 0.25) is 0 Å². The molecule has 140 valence electrons. The average molecular weight is 408 g/mol. The number of sulfone groups is 1. The van der Waals surface area contributed by atoms with Gasteiger partial charge in [-0.2, -0.15) is 0 Å². The molecule has 2 aromatic carbocycles. The van der Waals surface area contributed by atoms with Crippen molar-refractivity contribution in [2.45, 2.75) is 23.5 Å². The molecule has 1 aliphatic heterocycles. The standard InChI is InChI=1S/C21H17N3O2S2/c1-12-18-17(28(25,26)21(12,2)3)9-13-5-4-8-22-19(13)20(18)24-14-6-7-16-15(10-14)23-11-27-16/h4-11,24H,1H2,2-3H3. The first-order valence-corrected chi connectivity index (χ1v) is 11.1. The second-order valence-electron chi connectivity index (χ2n) is 7.35. The van der Waals surface area contributed by atoms with Gasteiger partial charge in [-0.15, -0.1) is 11.3 Å². The molecule has 5 nitrogen and oxygen atoms in total. The smallest absolute Gasteiger partial charge is 0.188 e. The third-order valence-corrected chi connectivity index (χ3v) is 8.75. The lowest BCUT2D eigenvalue weighted by atomic mass is 9.94. The lowest BCUT2D eigenvalue weighted by Crippen LogP contribution is -2.26. The van der Waals surface area contributed by atoms with Crippen molar-refractivity contribution < 1.29 is 8.42 Å². The number of nitrogens with zero attached hydrogens (tertiary/aromatic N) is 2. The normalized spacial score (nSPS) is 17.1. The molecule has 0 amide bonds. The lowest BCUT2D eigenvalue weighted by Gasteiger charge is -2.18. The van der Waals surface area contributed by atoms with Crippen molar-refractivity contribution in [3.8, 4) is 0 Å². The number of aromatic nitrogens is 2. The Morgan fingerprint density at radius 1 is 1.14 bits per heavy atom. The van der Waals surface area contributed by atoms with Gasteiger partial charge in [-0.05, 0) is 49.8 Å². The molecule has 1 N–H and O–H groups in total. The molecule has 0 bridgehead atoms. The summed E-state index contributed by atoms with van der Waals surface area (Å²) in [5.74, 6) is 0. The van der Waals surface area contributed by atoms with Crippen molar-refractivity contribution in [1.29, 1.82) is 0 Å². The molecule has 0 aliphatic carbocycles. The molecular formula is C21H17N3O2S2. The number of anilines is 2. The summed E-state index contributed by atoms with van der Waals surface area (Å²) in [4.78, 5) is 9.20. The van der Waals surface area contributed by atoms with Crippen LogP contribution in [0.5, 0.6) is 0 Å². The molecule has 0 saturated heterocycles. The Balaban J connectivity index is 1.81. The Morgan fingerprint density at radius 2 is 1.96 bits per heavy atom. The van der Waals surface area contributed by atoms with E-state index in [4.69, 9.17) is 0 Å². The number of nitrogens with one attached hydrogen (secondary N) is 1. The molecular weight excluding hydrogens is 390 g/mol. The summed E-state index contributed by atoms with van der Waals surface area (Å²) < 4.78 is 26.4. The number of fused-ring (bicyclic) bond motifs is 3. The Morgan fingerprint density at radius 3 is 2.79 bits per heavy atom. The van der Waals surface area contributed by atoms with Crippen LogP contribution in [0.25, 0.3) is 26.7 Å². The van der Waals surface area contributed by atoms with Gasteiger partial charge in [0.05, 0.1) is 36.6 Å². The van der Waals surface area contributed by atoms with Gasteiger partial charge in [-0.1, -0.05) is 12.6 Å². The first-order valence-electron chi connectivity index (χ1n) is 8.77. The molecule has 28 heavy (non-hydrogen) atoms. The van der Waals surface area contributed by atoms with E-state index in [1.807, 2.05) is 29.8 Å². The molecule has 0 atom stereocenters. The minimum Gasteiger partial charge on any atom is -0.353 e. The highest BCUT2D eigenvalue weighted by Crippen LogP contribution is 2.51. The molecule has 7 heteroatoms. The minimum absolute atomic E-state index is 0.306. The second-order valence-corrected chi connectivity index (χ2v) is 10.7. The van der Waals surface area contributed by atoms with Crippen LogP contribution in [0.1, 0.15) is 19.4 Å². The average Bonchev–Trinajstić information content (AvgIpc) is 3.18. The summed E-state index contributed by atoms with van der Waals surface area (Å²) in [7, 11) is -3.54. The van der Waals surface area contributed by atoms with Crippen LogP contribution >= 0.6 is 11.3 Å². The van der Waals surface area contributed by atoms with Crippen LogP contribution in [0.15, 0.2) is 59.6 Å². The van der Waals surface area contributed by atoms with Gasteiger partial charge >= 0.3 is 0 Å². The Kier molecular flexibility index (Phi) is 3.48. The number of hydrogen-bond acceptors (Lipinski definition) is 6. The largest absolute Gasteiger partial charge is 0.353 e. The highest BCUT2D eigenvalue weighted by Gasteiger charge is 2.48. The fourth-order valence-electron chi connectivity index (χ4n) is 3.65. The van der Waals surface area contributed by atoms with E-state index in [1.54, 1.807) is 43.5 Å². The van der Waals surface area contributed by atoms with E-state index in [2.05, 4.69) is 21.9 Å². The Labute approximate surface area is 166 Å². The molecule has 1 aliphatic rings. The van der Waals surface area contributed by atoms with Gasteiger partial charge in [0.1, 0.15) is 0 Å². The quantitative estimate of drug-likeness (QED) is 0.496. The second kappa shape index (κ2) is 5.62. The predicted molar refractivity (Wildman–Crippen MR) is 115 cm³/mol. The van der Waals surface area contributed by atoms with Gasteiger partial charge in [-0.25, -0.2) is 13.4 Å². The number of rotatable bonds is 2. The van der Waals surface area contributed by atoms with Crippen LogP contribution in [0.3, 0.4) is 0 Å². The highest BCUT2D eigenvalue weighted by molar-refractivity contribution is 7.93. The topological polar surface area (TPSA) is 72.0 Å². The molecule has 5 rings (SSSR count). The third kappa shape index (κ3) is 2.20. The van der Waals surface area contributed by atoms with Crippen molar-refractivity contribution in [2.75, 3.05) is 5.32 Å². The summed E-state index contributed by atoms with van der Waals surface area (Å²) >= 11 is 1.58. The van der Waals surface area contributed by atoms with Crippen molar-refractivity contribution in [3.63, 3.8) is 0 Å². The molecule has 3 heterocycles. The number of benzene rings is 2. The van der Waals surface area contributed by atoms with Gasteiger partial charge in [0, 0.05) is 22.8 Å². The summed E-state index contributed by atoms with van der Waals surface area (Å²) in [6.45, 7) is 7.54. The molecule has 4 aromatic rings. The zero-order chi connectivity index (χ0) is 19.7. The Hall–Kier alpha value is -2.77. The van der Waals surface area contributed by atoms with E-state index in [0.717, 1.165) is 21.3 Å². The Bertz CT molecular complexity index is 1400. The van der Waals surface area contributed by atoms with E-state index in [9.17, 15) is 8.42 Å². The first-order chi connectivity index (χ1) is 13.3. The summed E-state index contributed by atoms with van der Waals surface area (Å²) in [5.41, 5.74) is 6.11. The van der Waals surface area contributed by atoms with Crippen LogP contribution in [0.2, 0.25) is 0 Å². The molecule has 0 unspecified atom stereocenters. The van der Waals surface area contributed by atoms with Gasteiger partial charge in [0.25, 0.3) is 0 Å². The van der Waals surface area contributed by atoms with Crippen LogP contribution < -0.4 is 5.32 Å². The first kappa shape index (κ1) is 17.3. The predicted octanol–water partition coefficient (Wildman–Crippen LogP) is 5.17. The maximum atomic E-state index is 13.2. The zero-order valence-corrected chi connectivity index (χ0v) is 17.0. The minimum atomic E-state index is -3.54. The zero-order valence-electron chi connectivity index (χ0n) is 15.4. The lowest BCUT2D eigenvalue weighted by molar-refractivity contribution is 0.580. The van der Waals surface area contributed by atoms with Crippen molar-refractivity contribution >= 4 is 59.2 Å². The highest BCUT2D eigenvalue weighted by atomic mass is 32.2.